The van der Waals surface area contributed by atoms with Gasteiger partial charge in [0, 0.05) is 36.4 Å². The van der Waals surface area contributed by atoms with Gasteiger partial charge in [-0.2, -0.15) is 0 Å². The lowest BCUT2D eigenvalue weighted by Gasteiger charge is -2.26. The molecule has 164 valence electrons. The highest BCUT2D eigenvalue weighted by Crippen LogP contribution is 2.36. The minimum Gasteiger partial charge on any atom is -0.378 e. The number of hydrogen-bond donors (Lipinski definition) is 0. The van der Waals surface area contributed by atoms with Crippen LogP contribution in [0.25, 0.3) is 22.3 Å². The molecule has 7 nitrogen and oxygen atoms in total. The summed E-state index contributed by atoms with van der Waals surface area (Å²) in [7, 11) is 0. The van der Waals surface area contributed by atoms with Crippen LogP contribution in [0.1, 0.15) is 15.9 Å². The third-order valence-electron chi connectivity index (χ3n) is 6.33. The van der Waals surface area contributed by atoms with Gasteiger partial charge in [0.25, 0.3) is 5.91 Å². The summed E-state index contributed by atoms with van der Waals surface area (Å²) in [5, 5.41) is 0. The number of anilines is 2. The number of ether oxygens (including phenoxy) is 1. The summed E-state index contributed by atoms with van der Waals surface area (Å²) in [6, 6.07) is 20.0. The Morgan fingerprint density at radius 1 is 0.879 bits per heavy atom. The lowest BCUT2D eigenvalue weighted by atomic mass is 10.1. The van der Waals surface area contributed by atoms with Gasteiger partial charge in [-0.15, -0.1) is 0 Å². The van der Waals surface area contributed by atoms with E-state index in [0.717, 1.165) is 41.1 Å². The highest BCUT2D eigenvalue weighted by atomic mass is 16.5. The Hall–Kier alpha value is -3.84. The molecule has 0 spiro atoms. The molecule has 4 aromatic rings. The maximum absolute atomic E-state index is 12.7. The van der Waals surface area contributed by atoms with Crippen molar-refractivity contribution in [1.82, 2.24) is 19.9 Å². The number of fused-ring (bicyclic) bond motifs is 2. The fraction of sp³-hybridized carbons (Fsp3) is 0.231. The molecule has 2 aromatic heterocycles. The number of hydrogen-bond acceptors (Lipinski definition) is 6. The number of para-hydroxylation sites is 1. The zero-order valence-electron chi connectivity index (χ0n) is 18.1. The van der Waals surface area contributed by atoms with Crippen LogP contribution in [0.4, 0.5) is 11.5 Å². The van der Waals surface area contributed by atoms with E-state index in [-0.39, 0.29) is 5.91 Å². The third-order valence-corrected chi connectivity index (χ3v) is 6.33. The molecule has 4 heterocycles. The molecular formula is C26H23N5O2. The smallest absolute Gasteiger partial charge is 0.254 e. The molecule has 33 heavy (non-hydrogen) atoms. The van der Waals surface area contributed by atoms with E-state index in [9.17, 15) is 4.79 Å². The van der Waals surface area contributed by atoms with Gasteiger partial charge in [-0.25, -0.2) is 15.0 Å². The fourth-order valence-corrected chi connectivity index (χ4v) is 4.58. The number of carbonyl (C=O) groups excluding carboxylic acids is 1. The first-order valence-electron chi connectivity index (χ1n) is 11.2. The van der Waals surface area contributed by atoms with Gasteiger partial charge in [-0.1, -0.05) is 30.3 Å². The van der Waals surface area contributed by atoms with Crippen LogP contribution in [0.3, 0.4) is 0 Å². The molecule has 2 aromatic carbocycles. The van der Waals surface area contributed by atoms with E-state index in [1.165, 1.54) is 11.3 Å². The summed E-state index contributed by atoms with van der Waals surface area (Å²) in [5.41, 5.74) is 6.55. The maximum atomic E-state index is 12.7. The molecule has 0 aliphatic carbocycles. The highest BCUT2D eigenvalue weighted by molar-refractivity contribution is 5.95. The predicted molar refractivity (Wildman–Crippen MR) is 127 cm³/mol. The van der Waals surface area contributed by atoms with Crippen molar-refractivity contribution >= 4 is 28.4 Å². The number of benzene rings is 2. The van der Waals surface area contributed by atoms with Crippen LogP contribution in [-0.2, 0) is 11.2 Å². The zero-order valence-corrected chi connectivity index (χ0v) is 18.1. The minimum absolute atomic E-state index is 0.0414. The van der Waals surface area contributed by atoms with Gasteiger partial charge >= 0.3 is 0 Å². The normalized spacial score (nSPS) is 15.6. The molecule has 0 radical (unpaired) electrons. The van der Waals surface area contributed by atoms with Crippen molar-refractivity contribution in [3.63, 3.8) is 0 Å². The summed E-state index contributed by atoms with van der Waals surface area (Å²) < 4.78 is 5.35. The van der Waals surface area contributed by atoms with E-state index in [4.69, 9.17) is 9.72 Å². The van der Waals surface area contributed by atoms with E-state index in [1.807, 2.05) is 41.3 Å². The molecule has 6 rings (SSSR count). The van der Waals surface area contributed by atoms with E-state index >= 15 is 0 Å². The second-order valence-corrected chi connectivity index (χ2v) is 8.27. The molecule has 1 amide bonds. The SMILES string of the molecule is O=C(c1ccc(-c2ccc3ncnc(N4CCc5ccccc54)c3n2)cc1)N1CCOCC1. The molecule has 7 heteroatoms. The van der Waals surface area contributed by atoms with Gasteiger partial charge in [-0.3, -0.25) is 4.79 Å². The van der Waals surface area contributed by atoms with Crippen LogP contribution < -0.4 is 4.90 Å². The molecule has 1 saturated heterocycles. The average Bonchev–Trinajstić information content (AvgIpc) is 3.32. The van der Waals surface area contributed by atoms with Gasteiger partial charge in [0.05, 0.1) is 24.4 Å². The summed E-state index contributed by atoms with van der Waals surface area (Å²) in [4.78, 5) is 30.8. The van der Waals surface area contributed by atoms with Gasteiger partial charge in [0.15, 0.2) is 5.82 Å². The van der Waals surface area contributed by atoms with Gasteiger partial charge < -0.3 is 14.5 Å². The van der Waals surface area contributed by atoms with E-state index in [0.29, 0.717) is 31.9 Å². The van der Waals surface area contributed by atoms with Crippen molar-refractivity contribution in [2.24, 2.45) is 0 Å². The molecule has 0 saturated carbocycles. The van der Waals surface area contributed by atoms with E-state index in [2.05, 4.69) is 39.1 Å². The quantitative estimate of drug-likeness (QED) is 0.485. The lowest BCUT2D eigenvalue weighted by molar-refractivity contribution is 0.0303. The molecule has 0 atom stereocenters. The zero-order chi connectivity index (χ0) is 22.2. The fourth-order valence-electron chi connectivity index (χ4n) is 4.58. The number of nitrogens with zero attached hydrogens (tertiary/aromatic N) is 5. The first kappa shape index (κ1) is 19.8. The number of carbonyl (C=O) groups is 1. The summed E-state index contributed by atoms with van der Waals surface area (Å²) in [6.07, 6.45) is 2.59. The van der Waals surface area contributed by atoms with Crippen LogP contribution in [0.2, 0.25) is 0 Å². The Labute approximate surface area is 191 Å². The third kappa shape index (κ3) is 3.60. The lowest BCUT2D eigenvalue weighted by Crippen LogP contribution is -2.40. The Bertz CT molecular complexity index is 1330. The average molecular weight is 438 g/mol. The van der Waals surface area contributed by atoms with Crippen molar-refractivity contribution < 1.29 is 9.53 Å². The molecule has 0 N–H and O–H groups in total. The van der Waals surface area contributed by atoms with Crippen molar-refractivity contribution in [2.45, 2.75) is 6.42 Å². The largest absolute Gasteiger partial charge is 0.378 e. The number of aromatic nitrogens is 3. The van der Waals surface area contributed by atoms with Gasteiger partial charge in [0.1, 0.15) is 11.8 Å². The number of rotatable bonds is 3. The Morgan fingerprint density at radius 2 is 1.70 bits per heavy atom. The summed E-state index contributed by atoms with van der Waals surface area (Å²) in [5.74, 6) is 0.866. The molecule has 0 bridgehead atoms. The van der Waals surface area contributed by atoms with Crippen molar-refractivity contribution in [1.29, 1.82) is 0 Å². The predicted octanol–water partition coefficient (Wildman–Crippen LogP) is 3.86. The Balaban J connectivity index is 1.34. The molecule has 2 aliphatic rings. The van der Waals surface area contributed by atoms with Crippen molar-refractivity contribution in [3.8, 4) is 11.3 Å². The number of amides is 1. The Kier molecular flexibility index (Phi) is 4.96. The number of morpholine rings is 1. The first-order valence-corrected chi connectivity index (χ1v) is 11.2. The standard InChI is InChI=1S/C26H23N5O2/c32-26(30-13-15-33-16-14-30)20-7-5-18(6-8-20)21-9-10-22-24(29-21)25(28-17-27-22)31-12-11-19-3-1-2-4-23(19)31/h1-10,17H,11-16H2. The van der Waals surface area contributed by atoms with Crippen LogP contribution in [0, 0.1) is 0 Å². The number of pyridine rings is 1. The molecule has 1 fully saturated rings. The van der Waals surface area contributed by atoms with Gasteiger partial charge in [-0.05, 0) is 42.3 Å². The van der Waals surface area contributed by atoms with E-state index in [1.54, 1.807) is 6.33 Å². The van der Waals surface area contributed by atoms with Crippen LogP contribution in [-0.4, -0.2) is 58.6 Å². The second-order valence-electron chi connectivity index (χ2n) is 8.27. The van der Waals surface area contributed by atoms with Crippen LogP contribution in [0.15, 0.2) is 67.0 Å². The van der Waals surface area contributed by atoms with Crippen molar-refractivity contribution in [3.05, 3.63) is 78.1 Å². The van der Waals surface area contributed by atoms with Crippen LogP contribution in [0.5, 0.6) is 0 Å². The molecule has 2 aliphatic heterocycles. The monoisotopic (exact) mass is 437 g/mol. The van der Waals surface area contributed by atoms with Gasteiger partial charge in [0.2, 0.25) is 0 Å². The molecular weight excluding hydrogens is 414 g/mol. The van der Waals surface area contributed by atoms with Crippen LogP contribution >= 0.6 is 0 Å². The van der Waals surface area contributed by atoms with Crippen molar-refractivity contribution in [2.75, 3.05) is 37.7 Å². The summed E-state index contributed by atoms with van der Waals surface area (Å²) in [6.45, 7) is 3.33. The first-order chi connectivity index (χ1) is 16.3. The summed E-state index contributed by atoms with van der Waals surface area (Å²) >= 11 is 0. The minimum atomic E-state index is 0.0414. The Morgan fingerprint density at radius 3 is 2.55 bits per heavy atom. The highest BCUT2D eigenvalue weighted by Gasteiger charge is 2.24. The molecule has 0 unspecified atom stereocenters. The van der Waals surface area contributed by atoms with E-state index < -0.39 is 0 Å². The topological polar surface area (TPSA) is 71.5 Å². The maximum Gasteiger partial charge on any atom is 0.254 e. The second kappa shape index (κ2) is 8.26.